The minimum absolute atomic E-state index is 0.127. The summed E-state index contributed by atoms with van der Waals surface area (Å²) in [7, 11) is 6.42. The molecule has 3 aromatic carbocycles. The molecule has 0 unspecified atom stereocenters. The number of anilines is 1. The number of benzene rings is 3. The van der Waals surface area contributed by atoms with Gasteiger partial charge in [-0.15, -0.1) is 0 Å². The number of fused-ring (bicyclic) bond motifs is 1. The van der Waals surface area contributed by atoms with Crippen LogP contribution in [-0.4, -0.2) is 45.1 Å². The number of amides is 2. The van der Waals surface area contributed by atoms with Gasteiger partial charge in [-0.25, -0.2) is 0 Å². The Bertz CT molecular complexity index is 1180. The number of rotatable bonds is 6. The van der Waals surface area contributed by atoms with Gasteiger partial charge in [0.05, 0.1) is 39.0 Å². The van der Waals surface area contributed by atoms with Gasteiger partial charge in [0.2, 0.25) is 5.91 Å². The monoisotopic (exact) mass is 446 g/mol. The minimum atomic E-state index is -0.635. The third-order valence-corrected chi connectivity index (χ3v) is 5.99. The Balaban J connectivity index is 1.78. The first kappa shape index (κ1) is 22.2. The third kappa shape index (κ3) is 4.09. The first-order chi connectivity index (χ1) is 16.0. The van der Waals surface area contributed by atoms with E-state index in [9.17, 15) is 9.59 Å². The summed E-state index contributed by atoms with van der Waals surface area (Å²) in [5, 5.41) is 3.00. The summed E-state index contributed by atoms with van der Waals surface area (Å²) in [6, 6.07) is 19.4. The lowest BCUT2D eigenvalue weighted by atomic mass is 9.79. The highest BCUT2D eigenvalue weighted by Gasteiger charge is 2.42. The number of ether oxygens (including phenoxy) is 3. The lowest BCUT2D eigenvalue weighted by Gasteiger charge is -2.39. The maximum atomic E-state index is 13.8. The molecule has 0 aromatic heterocycles. The van der Waals surface area contributed by atoms with Crippen LogP contribution in [0.1, 0.15) is 33.4 Å². The average Bonchev–Trinajstić information content (AvgIpc) is 2.86. The molecule has 3 aromatic rings. The standard InChI is InChI=1S/C26H26N2O5/c1-28-24(16-9-11-17(31-2)12-10-16)23(19-7-5-6-8-20(19)26(28)30)25(29)27-21-14-13-18(32-3)15-22(21)33-4/h5-15,23-24H,1-4H3,(H,27,29)/t23-,24+/m0/s1. The van der Waals surface area contributed by atoms with E-state index in [1.807, 2.05) is 36.4 Å². The minimum Gasteiger partial charge on any atom is -0.497 e. The molecule has 2 atom stereocenters. The number of nitrogens with one attached hydrogen (secondary N) is 1. The molecule has 7 heteroatoms. The fourth-order valence-corrected chi connectivity index (χ4v) is 4.29. The Kier molecular flexibility index (Phi) is 6.22. The van der Waals surface area contributed by atoms with Crippen molar-refractivity contribution in [1.82, 2.24) is 4.90 Å². The van der Waals surface area contributed by atoms with Crippen LogP contribution in [0.2, 0.25) is 0 Å². The topological polar surface area (TPSA) is 77.1 Å². The number of hydrogen-bond acceptors (Lipinski definition) is 5. The maximum absolute atomic E-state index is 13.8. The van der Waals surface area contributed by atoms with Crippen LogP contribution in [0.15, 0.2) is 66.7 Å². The second kappa shape index (κ2) is 9.24. The molecule has 0 radical (unpaired) electrons. The molecule has 0 bridgehead atoms. The summed E-state index contributed by atoms with van der Waals surface area (Å²) in [5.41, 5.74) is 2.56. The van der Waals surface area contributed by atoms with Crippen molar-refractivity contribution in [2.75, 3.05) is 33.7 Å². The van der Waals surface area contributed by atoms with Gasteiger partial charge < -0.3 is 24.4 Å². The molecule has 1 aliphatic rings. The largest absolute Gasteiger partial charge is 0.497 e. The highest BCUT2D eigenvalue weighted by Crippen LogP contribution is 2.43. The lowest BCUT2D eigenvalue weighted by molar-refractivity contribution is -0.119. The van der Waals surface area contributed by atoms with Crippen molar-refractivity contribution < 1.29 is 23.8 Å². The average molecular weight is 447 g/mol. The molecule has 2 amide bonds. The van der Waals surface area contributed by atoms with Crippen LogP contribution in [0.3, 0.4) is 0 Å². The van der Waals surface area contributed by atoms with E-state index in [4.69, 9.17) is 14.2 Å². The van der Waals surface area contributed by atoms with Crippen molar-refractivity contribution in [1.29, 1.82) is 0 Å². The molecule has 33 heavy (non-hydrogen) atoms. The normalized spacial score (nSPS) is 17.2. The fraction of sp³-hybridized carbons (Fsp3) is 0.231. The molecule has 0 saturated carbocycles. The molecule has 1 aliphatic heterocycles. The molecular formula is C26H26N2O5. The van der Waals surface area contributed by atoms with Crippen molar-refractivity contribution in [3.63, 3.8) is 0 Å². The summed E-state index contributed by atoms with van der Waals surface area (Å²) < 4.78 is 16.0. The predicted octanol–water partition coefficient (Wildman–Crippen LogP) is 4.26. The maximum Gasteiger partial charge on any atom is 0.254 e. The zero-order valence-corrected chi connectivity index (χ0v) is 19.0. The predicted molar refractivity (Wildman–Crippen MR) is 125 cm³/mol. The van der Waals surface area contributed by atoms with Crippen molar-refractivity contribution >= 4 is 17.5 Å². The van der Waals surface area contributed by atoms with Crippen LogP contribution < -0.4 is 19.5 Å². The van der Waals surface area contributed by atoms with Crippen LogP contribution in [0.25, 0.3) is 0 Å². The Hall–Kier alpha value is -4.00. The van der Waals surface area contributed by atoms with Gasteiger partial charge in [0.25, 0.3) is 5.91 Å². The van der Waals surface area contributed by atoms with E-state index in [0.717, 1.165) is 5.56 Å². The Labute approximate surface area is 192 Å². The second-order valence-electron chi connectivity index (χ2n) is 7.75. The van der Waals surface area contributed by atoms with Gasteiger partial charge in [-0.05, 0) is 41.5 Å². The number of likely N-dealkylation sites (N-methyl/N-ethyl adjacent to an activating group) is 1. The first-order valence-corrected chi connectivity index (χ1v) is 10.5. The summed E-state index contributed by atoms with van der Waals surface area (Å²) >= 11 is 0. The van der Waals surface area contributed by atoms with Gasteiger partial charge in [0.1, 0.15) is 17.2 Å². The van der Waals surface area contributed by atoms with E-state index in [0.29, 0.717) is 34.1 Å². The molecule has 1 heterocycles. The van der Waals surface area contributed by atoms with Crippen LogP contribution in [-0.2, 0) is 4.79 Å². The lowest BCUT2D eigenvalue weighted by Crippen LogP contribution is -2.44. The quantitative estimate of drug-likeness (QED) is 0.612. The van der Waals surface area contributed by atoms with Crippen LogP contribution >= 0.6 is 0 Å². The van der Waals surface area contributed by atoms with Crippen LogP contribution in [0.5, 0.6) is 17.2 Å². The van der Waals surface area contributed by atoms with Crippen LogP contribution in [0.4, 0.5) is 5.69 Å². The molecule has 0 spiro atoms. The summed E-state index contributed by atoms with van der Waals surface area (Å²) in [6.45, 7) is 0. The van der Waals surface area contributed by atoms with Crippen molar-refractivity contribution in [2.24, 2.45) is 0 Å². The number of nitrogens with zero attached hydrogens (tertiary/aromatic N) is 1. The van der Waals surface area contributed by atoms with Gasteiger partial charge >= 0.3 is 0 Å². The Morgan fingerprint density at radius 1 is 0.879 bits per heavy atom. The number of carbonyl (C=O) groups is 2. The van der Waals surface area contributed by atoms with E-state index in [-0.39, 0.29) is 11.8 Å². The van der Waals surface area contributed by atoms with E-state index in [2.05, 4.69) is 5.32 Å². The third-order valence-electron chi connectivity index (χ3n) is 5.99. The van der Waals surface area contributed by atoms with Crippen molar-refractivity contribution in [3.05, 3.63) is 83.4 Å². The smallest absolute Gasteiger partial charge is 0.254 e. The SMILES string of the molecule is COc1ccc([C@@H]2[C@@H](C(=O)Nc3ccc(OC)cc3OC)c3ccccc3C(=O)N2C)cc1. The van der Waals surface area contributed by atoms with E-state index < -0.39 is 12.0 Å². The summed E-state index contributed by atoms with van der Waals surface area (Å²) in [4.78, 5) is 28.5. The molecule has 0 saturated heterocycles. The van der Waals surface area contributed by atoms with E-state index in [1.54, 1.807) is 56.5 Å². The van der Waals surface area contributed by atoms with E-state index >= 15 is 0 Å². The zero-order chi connectivity index (χ0) is 23.5. The first-order valence-electron chi connectivity index (χ1n) is 10.5. The second-order valence-corrected chi connectivity index (χ2v) is 7.75. The fourth-order valence-electron chi connectivity index (χ4n) is 4.29. The molecule has 7 nitrogen and oxygen atoms in total. The van der Waals surface area contributed by atoms with Gasteiger partial charge in [-0.2, -0.15) is 0 Å². The molecule has 170 valence electrons. The highest BCUT2D eigenvalue weighted by atomic mass is 16.5. The van der Waals surface area contributed by atoms with Crippen molar-refractivity contribution in [3.8, 4) is 17.2 Å². The molecule has 1 N–H and O–H groups in total. The summed E-state index contributed by atoms with van der Waals surface area (Å²) in [5.74, 6) is 0.798. The number of carbonyl (C=O) groups excluding carboxylic acids is 2. The number of hydrogen-bond donors (Lipinski definition) is 1. The highest BCUT2D eigenvalue weighted by molar-refractivity contribution is 6.04. The van der Waals surface area contributed by atoms with Gasteiger partial charge in [0, 0.05) is 18.7 Å². The molecule has 0 fully saturated rings. The zero-order valence-electron chi connectivity index (χ0n) is 19.0. The van der Waals surface area contributed by atoms with Crippen molar-refractivity contribution in [2.45, 2.75) is 12.0 Å². The van der Waals surface area contributed by atoms with Gasteiger partial charge in [-0.3, -0.25) is 9.59 Å². The molecule has 4 rings (SSSR count). The van der Waals surface area contributed by atoms with Crippen LogP contribution in [0, 0.1) is 0 Å². The number of methoxy groups -OCH3 is 3. The van der Waals surface area contributed by atoms with E-state index in [1.165, 1.54) is 7.11 Å². The molecular weight excluding hydrogens is 420 g/mol. The van der Waals surface area contributed by atoms with Gasteiger partial charge in [-0.1, -0.05) is 30.3 Å². The summed E-state index contributed by atoms with van der Waals surface area (Å²) in [6.07, 6.45) is 0. The molecule has 0 aliphatic carbocycles. The Morgan fingerprint density at radius 2 is 1.55 bits per heavy atom. The van der Waals surface area contributed by atoms with Gasteiger partial charge in [0.15, 0.2) is 0 Å². The Morgan fingerprint density at radius 3 is 2.21 bits per heavy atom.